The fourth-order valence-electron chi connectivity index (χ4n) is 3.62. The second kappa shape index (κ2) is 11.7. The first-order valence-corrected chi connectivity index (χ1v) is 12.3. The fourth-order valence-corrected chi connectivity index (χ4v) is 4.46. The van der Waals surface area contributed by atoms with Gasteiger partial charge in [0.1, 0.15) is 13.2 Å². The predicted molar refractivity (Wildman–Crippen MR) is 143 cm³/mol. The number of hydrogen-bond donors (Lipinski definition) is 2. The molecule has 2 N–H and O–H groups in total. The minimum absolute atomic E-state index is 0.125. The molecule has 1 aliphatic rings. The van der Waals surface area contributed by atoms with E-state index >= 15 is 0 Å². The van der Waals surface area contributed by atoms with E-state index in [0.29, 0.717) is 28.3 Å². The summed E-state index contributed by atoms with van der Waals surface area (Å²) in [6, 6.07) is 18.6. The molecule has 3 amide bonds. The highest BCUT2D eigenvalue weighted by Crippen LogP contribution is 2.34. The Morgan fingerprint density at radius 2 is 1.79 bits per heavy atom. The quantitative estimate of drug-likeness (QED) is 0.371. The van der Waals surface area contributed by atoms with E-state index in [-0.39, 0.29) is 17.1 Å². The summed E-state index contributed by atoms with van der Waals surface area (Å²) in [5, 5.41) is 11.3. The van der Waals surface area contributed by atoms with Gasteiger partial charge < -0.3 is 19.9 Å². The van der Waals surface area contributed by atoms with Crippen molar-refractivity contribution in [3.8, 4) is 11.5 Å². The number of imide groups is 1. The maximum Gasteiger partial charge on any atom is 0.335 e. The number of amides is 3. The number of ether oxygens (including phenoxy) is 2. The van der Waals surface area contributed by atoms with Gasteiger partial charge >= 0.3 is 5.97 Å². The number of methoxy groups -OCH3 is 1. The number of rotatable bonds is 9. The molecule has 0 spiro atoms. The molecule has 0 radical (unpaired) electrons. The number of carbonyl (C=O) groups is 4. The van der Waals surface area contributed by atoms with Gasteiger partial charge in [-0.25, -0.2) is 4.79 Å². The van der Waals surface area contributed by atoms with Crippen molar-refractivity contribution in [1.82, 2.24) is 4.90 Å². The normalized spacial score (nSPS) is 14.1. The largest absolute Gasteiger partial charge is 0.493 e. The topological polar surface area (TPSA) is 122 Å². The van der Waals surface area contributed by atoms with E-state index < -0.39 is 29.6 Å². The average Bonchev–Trinajstić information content (AvgIpc) is 3.16. The molecule has 1 saturated heterocycles. The molecule has 194 valence electrons. The monoisotopic (exact) mass is 532 g/mol. The van der Waals surface area contributed by atoms with E-state index in [4.69, 9.17) is 14.6 Å². The molecule has 4 rings (SSSR count). The molecule has 9 nitrogen and oxygen atoms in total. The van der Waals surface area contributed by atoms with E-state index in [1.165, 1.54) is 19.2 Å². The van der Waals surface area contributed by atoms with Crippen molar-refractivity contribution < 1.29 is 33.8 Å². The van der Waals surface area contributed by atoms with Gasteiger partial charge in [0, 0.05) is 5.69 Å². The van der Waals surface area contributed by atoms with Gasteiger partial charge in [-0.05, 0) is 72.3 Å². The van der Waals surface area contributed by atoms with Gasteiger partial charge in [-0.2, -0.15) is 0 Å². The molecule has 0 unspecified atom stereocenters. The Balaban J connectivity index is 1.42. The molecular weight excluding hydrogens is 508 g/mol. The van der Waals surface area contributed by atoms with Crippen molar-refractivity contribution in [2.45, 2.75) is 13.5 Å². The van der Waals surface area contributed by atoms with Crippen LogP contribution in [0.15, 0.2) is 71.6 Å². The van der Waals surface area contributed by atoms with Gasteiger partial charge in [-0.1, -0.05) is 35.9 Å². The first-order chi connectivity index (χ1) is 18.2. The zero-order chi connectivity index (χ0) is 27.2. The lowest BCUT2D eigenvalue weighted by molar-refractivity contribution is -0.127. The van der Waals surface area contributed by atoms with Crippen LogP contribution in [0, 0.1) is 6.92 Å². The van der Waals surface area contributed by atoms with Gasteiger partial charge in [0.05, 0.1) is 17.6 Å². The Kier molecular flexibility index (Phi) is 8.12. The number of nitrogens with zero attached hydrogens (tertiary/aromatic N) is 1. The number of benzene rings is 3. The van der Waals surface area contributed by atoms with Crippen molar-refractivity contribution in [2.24, 2.45) is 0 Å². The highest BCUT2D eigenvalue weighted by molar-refractivity contribution is 8.18. The Hall–Kier alpha value is -4.57. The minimum Gasteiger partial charge on any atom is -0.493 e. The standard InChI is InChI=1S/C28H24N2O7S/c1-17-6-9-21(10-7-17)29-25(31)15-30-26(32)24(38-28(30)35)14-18-8-11-22(23(13-18)36-2)37-16-19-4-3-5-20(12-19)27(33)34/h3-14H,15-16H2,1-2H3,(H,29,31)(H,33,34)/b24-14-. The third-order valence-corrected chi connectivity index (χ3v) is 6.47. The zero-order valence-corrected chi connectivity index (χ0v) is 21.4. The van der Waals surface area contributed by atoms with Crippen LogP contribution >= 0.6 is 11.8 Å². The third kappa shape index (κ3) is 6.40. The van der Waals surface area contributed by atoms with Crippen LogP contribution < -0.4 is 14.8 Å². The third-order valence-electron chi connectivity index (χ3n) is 5.56. The summed E-state index contributed by atoms with van der Waals surface area (Å²) in [6.07, 6.45) is 1.55. The number of aryl methyl sites for hydroxylation is 1. The summed E-state index contributed by atoms with van der Waals surface area (Å²) >= 11 is 0.754. The zero-order valence-electron chi connectivity index (χ0n) is 20.6. The lowest BCUT2D eigenvalue weighted by Gasteiger charge is -2.13. The van der Waals surface area contributed by atoms with Crippen molar-refractivity contribution >= 4 is 46.5 Å². The second-order valence-electron chi connectivity index (χ2n) is 8.39. The van der Waals surface area contributed by atoms with E-state index in [1.54, 1.807) is 48.5 Å². The van der Waals surface area contributed by atoms with E-state index in [0.717, 1.165) is 22.2 Å². The van der Waals surface area contributed by atoms with Crippen molar-refractivity contribution in [3.63, 3.8) is 0 Å². The number of carboxylic acids is 1. The first-order valence-electron chi connectivity index (χ1n) is 11.5. The molecule has 1 aliphatic heterocycles. The van der Waals surface area contributed by atoms with Gasteiger partial charge in [-0.15, -0.1) is 0 Å². The molecule has 3 aromatic carbocycles. The Labute approximate surface area is 223 Å². The average molecular weight is 533 g/mol. The molecule has 0 aliphatic carbocycles. The van der Waals surface area contributed by atoms with Crippen LogP contribution in [-0.2, 0) is 16.2 Å². The Morgan fingerprint density at radius 3 is 2.50 bits per heavy atom. The number of aromatic carboxylic acids is 1. The van der Waals surface area contributed by atoms with Gasteiger partial charge in [-0.3, -0.25) is 19.3 Å². The van der Waals surface area contributed by atoms with Crippen LogP contribution in [0.4, 0.5) is 10.5 Å². The highest BCUT2D eigenvalue weighted by atomic mass is 32.2. The van der Waals surface area contributed by atoms with E-state index in [1.807, 2.05) is 19.1 Å². The number of carboxylic acid groups (broad SMARTS) is 1. The molecule has 1 heterocycles. The molecule has 0 saturated carbocycles. The summed E-state index contributed by atoms with van der Waals surface area (Å²) in [7, 11) is 1.47. The molecule has 0 bridgehead atoms. The maximum atomic E-state index is 12.8. The molecule has 10 heteroatoms. The van der Waals surface area contributed by atoms with Crippen LogP contribution in [0.3, 0.4) is 0 Å². The molecule has 0 aromatic heterocycles. The second-order valence-corrected chi connectivity index (χ2v) is 9.38. The van der Waals surface area contributed by atoms with Gasteiger partial charge in [0.25, 0.3) is 11.1 Å². The lowest BCUT2D eigenvalue weighted by atomic mass is 10.1. The Morgan fingerprint density at radius 1 is 1.03 bits per heavy atom. The van der Waals surface area contributed by atoms with Crippen LogP contribution in [0.1, 0.15) is 27.0 Å². The fraction of sp³-hybridized carbons (Fsp3) is 0.143. The summed E-state index contributed by atoms with van der Waals surface area (Å²) in [6.45, 7) is 1.66. The van der Waals surface area contributed by atoms with Crippen LogP contribution in [0.2, 0.25) is 0 Å². The number of nitrogens with one attached hydrogen (secondary N) is 1. The SMILES string of the molecule is COc1cc(/C=C2\SC(=O)N(CC(=O)Nc3ccc(C)cc3)C2=O)ccc1OCc1cccc(C(=O)O)c1. The molecule has 3 aromatic rings. The smallest absolute Gasteiger partial charge is 0.335 e. The molecule has 1 fully saturated rings. The first kappa shape index (κ1) is 26.5. The van der Waals surface area contributed by atoms with Gasteiger partial charge in [0.15, 0.2) is 11.5 Å². The number of carbonyl (C=O) groups excluding carboxylic acids is 3. The predicted octanol–water partition coefficient (Wildman–Crippen LogP) is 4.96. The van der Waals surface area contributed by atoms with Crippen molar-refractivity contribution in [2.75, 3.05) is 19.0 Å². The van der Waals surface area contributed by atoms with Crippen LogP contribution in [-0.4, -0.2) is 46.7 Å². The summed E-state index contributed by atoms with van der Waals surface area (Å²) in [5.41, 5.74) is 3.05. The van der Waals surface area contributed by atoms with E-state index in [2.05, 4.69) is 5.32 Å². The lowest BCUT2D eigenvalue weighted by Crippen LogP contribution is -2.36. The number of anilines is 1. The molecule has 38 heavy (non-hydrogen) atoms. The van der Waals surface area contributed by atoms with E-state index in [9.17, 15) is 19.2 Å². The highest BCUT2D eigenvalue weighted by Gasteiger charge is 2.36. The maximum absolute atomic E-state index is 12.8. The summed E-state index contributed by atoms with van der Waals surface area (Å²) in [4.78, 5) is 50.0. The molecular formula is C28H24N2O7S. The number of hydrogen-bond acceptors (Lipinski definition) is 7. The van der Waals surface area contributed by atoms with Crippen LogP contribution in [0.5, 0.6) is 11.5 Å². The Bertz CT molecular complexity index is 1430. The van der Waals surface area contributed by atoms with Crippen LogP contribution in [0.25, 0.3) is 6.08 Å². The number of thioether (sulfide) groups is 1. The molecule has 0 atom stereocenters. The summed E-state index contributed by atoms with van der Waals surface area (Å²) < 4.78 is 11.2. The summed E-state index contributed by atoms with van der Waals surface area (Å²) in [5.74, 6) is -1.24. The van der Waals surface area contributed by atoms with Crippen molar-refractivity contribution in [1.29, 1.82) is 0 Å². The minimum atomic E-state index is -1.02. The van der Waals surface area contributed by atoms with Gasteiger partial charge in [0.2, 0.25) is 5.91 Å². The van der Waals surface area contributed by atoms with Crippen molar-refractivity contribution in [3.05, 3.63) is 93.9 Å².